The highest BCUT2D eigenvalue weighted by molar-refractivity contribution is 6.42. The third-order valence-electron chi connectivity index (χ3n) is 6.86. The summed E-state index contributed by atoms with van der Waals surface area (Å²) in [5.74, 6) is -3.64. The second-order valence-corrected chi connectivity index (χ2v) is 9.15. The monoisotopic (exact) mass is 472 g/mol. The third kappa shape index (κ3) is 4.24. The van der Waals surface area contributed by atoms with Crippen LogP contribution in [0, 0.1) is 17.2 Å². The first-order valence-electron chi connectivity index (χ1n) is 11.4. The molecule has 9 nitrogen and oxygen atoms in total. The lowest BCUT2D eigenvalue weighted by Crippen LogP contribution is -2.62. The third-order valence-corrected chi connectivity index (χ3v) is 6.86. The van der Waals surface area contributed by atoms with Gasteiger partial charge in [0, 0.05) is 45.7 Å². The maximum absolute atomic E-state index is 13.4. The molecule has 182 valence electrons. The number of carbonyl (C=O) groups excluding carboxylic acids is 4. The van der Waals surface area contributed by atoms with Gasteiger partial charge < -0.3 is 24.8 Å². The lowest BCUT2D eigenvalue weighted by Gasteiger charge is -2.51. The number of allylic oxidation sites excluding steroid dienone is 1. The number of hydrogen-bond acceptors (Lipinski definition) is 5. The van der Waals surface area contributed by atoms with Crippen LogP contribution in [0.15, 0.2) is 36.2 Å². The number of carbonyl (C=O) groups is 4. The lowest BCUT2D eigenvalue weighted by atomic mass is 9.62. The number of piperidine rings is 2. The van der Waals surface area contributed by atoms with Gasteiger partial charge >= 0.3 is 6.03 Å². The van der Waals surface area contributed by atoms with Crippen LogP contribution in [0.3, 0.4) is 0 Å². The molecule has 3 aliphatic rings. The highest BCUT2D eigenvalue weighted by atomic mass is 19.1. The number of hydrogen-bond donors (Lipinski definition) is 1. The fraction of sp³-hybridized carbons (Fsp3) is 0.500. The molecule has 0 aliphatic carbocycles. The van der Waals surface area contributed by atoms with Crippen molar-refractivity contribution in [2.75, 3.05) is 40.3 Å². The highest BCUT2D eigenvalue weighted by Crippen LogP contribution is 2.50. The van der Waals surface area contributed by atoms with Gasteiger partial charge in [-0.05, 0) is 37.0 Å². The summed E-state index contributed by atoms with van der Waals surface area (Å²) in [5.41, 5.74) is 0.239. The number of nitrogens with one attached hydrogen (secondary N) is 1. The van der Waals surface area contributed by atoms with Crippen molar-refractivity contribution in [3.8, 4) is 0 Å². The molecular formula is C24H29FN4O5. The maximum atomic E-state index is 13.4. The summed E-state index contributed by atoms with van der Waals surface area (Å²) in [6.45, 7) is 1.51. The van der Waals surface area contributed by atoms with Gasteiger partial charge in [-0.1, -0.05) is 12.1 Å². The first kappa shape index (κ1) is 23.7. The van der Waals surface area contributed by atoms with E-state index >= 15 is 0 Å². The molecule has 2 fully saturated rings. The second-order valence-electron chi connectivity index (χ2n) is 9.15. The summed E-state index contributed by atoms with van der Waals surface area (Å²) < 4.78 is 18.8. The van der Waals surface area contributed by atoms with Crippen molar-refractivity contribution >= 4 is 23.6 Å². The smallest absolute Gasteiger partial charge is 0.319 e. The van der Waals surface area contributed by atoms with Crippen molar-refractivity contribution in [2.24, 2.45) is 11.3 Å². The fourth-order valence-electron chi connectivity index (χ4n) is 5.07. The topological polar surface area (TPSA) is 99.3 Å². The maximum Gasteiger partial charge on any atom is 0.319 e. The predicted octanol–water partition coefficient (Wildman–Crippen LogP) is 1.49. The number of fused-ring (bicyclic) bond motifs is 2. The number of amides is 4. The van der Waals surface area contributed by atoms with E-state index in [1.807, 2.05) is 0 Å². The number of urea groups is 1. The van der Waals surface area contributed by atoms with Crippen molar-refractivity contribution in [3.63, 3.8) is 0 Å². The van der Waals surface area contributed by atoms with Gasteiger partial charge in [-0.3, -0.25) is 14.4 Å². The van der Waals surface area contributed by atoms with Gasteiger partial charge in [0.05, 0.1) is 12.3 Å². The Bertz CT molecular complexity index is 1010. The quantitative estimate of drug-likeness (QED) is 0.531. The van der Waals surface area contributed by atoms with Gasteiger partial charge in [-0.2, -0.15) is 0 Å². The van der Waals surface area contributed by atoms with E-state index in [-0.39, 0.29) is 18.4 Å². The van der Waals surface area contributed by atoms with E-state index in [4.69, 9.17) is 4.74 Å². The number of ether oxygens (including phenoxy) is 1. The van der Waals surface area contributed by atoms with Crippen molar-refractivity contribution in [2.45, 2.75) is 25.8 Å². The van der Waals surface area contributed by atoms with E-state index in [9.17, 15) is 23.6 Å². The molecule has 0 bridgehead atoms. The molecule has 0 saturated carbocycles. The van der Waals surface area contributed by atoms with Gasteiger partial charge in [0.15, 0.2) is 0 Å². The van der Waals surface area contributed by atoms with E-state index in [0.717, 1.165) is 0 Å². The predicted molar refractivity (Wildman–Crippen MR) is 119 cm³/mol. The molecule has 10 heteroatoms. The molecule has 0 radical (unpaired) electrons. The SMILES string of the molecule is CN(C)C(=O)N1CCC2(CC1)C1=COCCCN1C(=O)C(=O)C2C(=O)NCc1ccc(F)cc1. The average Bonchev–Trinajstić information content (AvgIpc) is 3.09. The number of halogens is 1. The highest BCUT2D eigenvalue weighted by Gasteiger charge is 2.59. The molecule has 3 aliphatic heterocycles. The first-order chi connectivity index (χ1) is 16.2. The minimum atomic E-state index is -1.23. The second kappa shape index (κ2) is 9.44. The first-order valence-corrected chi connectivity index (χ1v) is 11.4. The molecular weight excluding hydrogens is 443 g/mol. The van der Waals surface area contributed by atoms with Gasteiger partial charge in [-0.15, -0.1) is 0 Å². The van der Waals surface area contributed by atoms with Crippen LogP contribution in [-0.4, -0.2) is 78.7 Å². The van der Waals surface area contributed by atoms with Crippen LogP contribution in [0.25, 0.3) is 0 Å². The van der Waals surface area contributed by atoms with Crippen molar-refractivity contribution in [3.05, 3.63) is 47.6 Å². The molecule has 0 aromatic heterocycles. The summed E-state index contributed by atoms with van der Waals surface area (Å²) >= 11 is 0. The van der Waals surface area contributed by atoms with Crippen LogP contribution in [0.5, 0.6) is 0 Å². The largest absolute Gasteiger partial charge is 0.499 e. The summed E-state index contributed by atoms with van der Waals surface area (Å²) in [6, 6.07) is 5.54. The zero-order valence-electron chi connectivity index (χ0n) is 19.4. The molecule has 1 N–H and O–H groups in total. The Balaban J connectivity index is 1.64. The van der Waals surface area contributed by atoms with E-state index in [1.54, 1.807) is 31.1 Å². The summed E-state index contributed by atoms with van der Waals surface area (Å²) in [5, 5.41) is 2.76. The number of ketones is 1. The Morgan fingerprint density at radius 2 is 1.82 bits per heavy atom. The minimum absolute atomic E-state index is 0.0949. The number of nitrogens with zero attached hydrogens (tertiary/aromatic N) is 3. The summed E-state index contributed by atoms with van der Waals surface area (Å²) in [6.07, 6.45) is 2.76. The van der Waals surface area contributed by atoms with Crippen LogP contribution < -0.4 is 5.32 Å². The number of Topliss-reactive ketones (excluding diaryl/α,β-unsaturated/α-hetero) is 1. The van der Waals surface area contributed by atoms with E-state index < -0.39 is 28.9 Å². The normalized spacial score (nSPS) is 21.9. The average molecular weight is 473 g/mol. The van der Waals surface area contributed by atoms with Gasteiger partial charge in [0.2, 0.25) is 11.7 Å². The summed E-state index contributed by atoms with van der Waals surface area (Å²) in [7, 11) is 3.34. The van der Waals surface area contributed by atoms with Crippen molar-refractivity contribution in [1.82, 2.24) is 20.0 Å². The van der Waals surface area contributed by atoms with Crippen molar-refractivity contribution < 1.29 is 28.3 Å². The Hall–Kier alpha value is -3.43. The molecule has 1 spiro atoms. The zero-order chi connectivity index (χ0) is 24.5. The van der Waals surface area contributed by atoms with Gasteiger partial charge in [-0.25, -0.2) is 9.18 Å². The van der Waals surface area contributed by atoms with E-state index in [0.29, 0.717) is 56.8 Å². The Kier molecular flexibility index (Phi) is 6.58. The van der Waals surface area contributed by atoms with E-state index in [2.05, 4.69) is 5.32 Å². The molecule has 4 amide bonds. The van der Waals surface area contributed by atoms with Crippen LogP contribution in [0.4, 0.5) is 9.18 Å². The van der Waals surface area contributed by atoms with Gasteiger partial charge in [0.25, 0.3) is 5.91 Å². The molecule has 3 heterocycles. The Morgan fingerprint density at radius 3 is 2.47 bits per heavy atom. The number of likely N-dealkylation sites (tertiary alicyclic amines) is 1. The van der Waals surface area contributed by atoms with Crippen LogP contribution in [0.1, 0.15) is 24.8 Å². The Labute approximate surface area is 197 Å². The molecule has 1 aromatic rings. The van der Waals surface area contributed by atoms with Gasteiger partial charge in [0.1, 0.15) is 18.0 Å². The number of benzene rings is 1. The lowest BCUT2D eigenvalue weighted by molar-refractivity contribution is -0.158. The summed E-state index contributed by atoms with van der Waals surface area (Å²) in [4.78, 5) is 56.9. The minimum Gasteiger partial charge on any atom is -0.499 e. The molecule has 1 aromatic carbocycles. The van der Waals surface area contributed by atoms with Crippen LogP contribution in [-0.2, 0) is 25.7 Å². The molecule has 4 rings (SSSR count). The molecule has 1 unspecified atom stereocenters. The molecule has 34 heavy (non-hydrogen) atoms. The van der Waals surface area contributed by atoms with Crippen molar-refractivity contribution in [1.29, 1.82) is 0 Å². The fourth-order valence-corrected chi connectivity index (χ4v) is 5.07. The Morgan fingerprint density at radius 1 is 1.15 bits per heavy atom. The van der Waals surface area contributed by atoms with E-state index in [1.165, 1.54) is 28.2 Å². The van der Waals surface area contributed by atoms with Crippen LogP contribution in [0.2, 0.25) is 0 Å². The molecule has 2 saturated heterocycles. The number of rotatable bonds is 3. The standard InChI is InChI=1S/C24H29FN4O5/c1-27(2)23(33)28-11-8-24(9-12-28)18-15-34-13-3-10-29(18)22(32)20(30)19(24)21(31)26-14-16-4-6-17(25)7-5-16/h4-7,15,19H,3,8-14H2,1-2H3,(H,26,31). The molecule has 1 atom stereocenters. The zero-order valence-corrected chi connectivity index (χ0v) is 19.4. The van der Waals surface area contributed by atoms with Crippen LogP contribution >= 0.6 is 0 Å².